The van der Waals surface area contributed by atoms with Crippen molar-refractivity contribution in [2.24, 2.45) is 5.73 Å². The van der Waals surface area contributed by atoms with Crippen LogP contribution in [-0.4, -0.2) is 16.1 Å². The molecule has 0 aliphatic rings. The first kappa shape index (κ1) is 13.3. The average molecular weight is 211 g/mol. The summed E-state index contributed by atoms with van der Waals surface area (Å²) in [6, 6.07) is 3.48. The number of hydrogen-bond acceptors (Lipinski definition) is 3. The molecule has 1 rings (SSSR count). The summed E-state index contributed by atoms with van der Waals surface area (Å²) in [6.45, 7) is 4.36. The van der Waals surface area contributed by atoms with Gasteiger partial charge in [0.1, 0.15) is 11.5 Å². The quantitative estimate of drug-likeness (QED) is 0.699. The monoisotopic (exact) mass is 211 g/mol. The fourth-order valence-electron chi connectivity index (χ4n) is 0.737. The van der Waals surface area contributed by atoms with E-state index in [4.69, 9.17) is 15.9 Å². The molecule has 1 aromatic carbocycles. The van der Waals surface area contributed by atoms with Crippen LogP contribution in [-0.2, 0) is 0 Å². The van der Waals surface area contributed by atoms with E-state index in [2.05, 4.69) is 13.8 Å². The Hall–Kier alpha value is -1.71. The Morgan fingerprint density at radius 2 is 1.53 bits per heavy atom. The van der Waals surface area contributed by atoms with E-state index < -0.39 is 5.91 Å². The highest BCUT2D eigenvalue weighted by molar-refractivity contribution is 5.93. The maximum absolute atomic E-state index is 10.5. The van der Waals surface area contributed by atoms with E-state index in [-0.39, 0.29) is 17.1 Å². The number of rotatable bonds is 2. The summed E-state index contributed by atoms with van der Waals surface area (Å²) < 4.78 is 0. The van der Waals surface area contributed by atoms with Crippen molar-refractivity contribution in [1.29, 1.82) is 0 Å². The fourth-order valence-corrected chi connectivity index (χ4v) is 0.737. The number of phenolic OH excluding ortho intramolecular Hbond substituents is 2. The molecular weight excluding hydrogens is 194 g/mol. The lowest BCUT2D eigenvalue weighted by Crippen LogP contribution is -2.10. The second-order valence-electron chi connectivity index (χ2n) is 3.10. The number of amides is 1. The third kappa shape index (κ3) is 5.57. The molecule has 0 aliphatic carbocycles. The third-order valence-electron chi connectivity index (χ3n) is 1.69. The number of primary amides is 1. The van der Waals surface area contributed by atoms with E-state index >= 15 is 0 Å². The van der Waals surface area contributed by atoms with Gasteiger partial charge in [-0.05, 0) is 12.1 Å². The molecule has 4 heteroatoms. The molecule has 84 valence electrons. The zero-order chi connectivity index (χ0) is 11.8. The van der Waals surface area contributed by atoms with Crippen LogP contribution in [0.2, 0.25) is 0 Å². The summed E-state index contributed by atoms with van der Waals surface area (Å²) in [5.41, 5.74) is 4.98. The van der Waals surface area contributed by atoms with Crippen molar-refractivity contribution >= 4 is 5.91 Å². The maximum Gasteiger partial charge on any atom is 0.248 e. The summed E-state index contributed by atoms with van der Waals surface area (Å²) in [7, 11) is 0. The first-order valence-corrected chi connectivity index (χ1v) is 4.84. The highest BCUT2D eigenvalue weighted by atomic mass is 16.3. The van der Waals surface area contributed by atoms with Gasteiger partial charge >= 0.3 is 0 Å². The minimum Gasteiger partial charge on any atom is -0.508 e. The number of nitrogens with two attached hydrogens (primary N) is 1. The van der Waals surface area contributed by atoms with Gasteiger partial charge in [0.05, 0.1) is 0 Å². The molecule has 1 aromatic rings. The molecule has 0 fully saturated rings. The number of carbonyl (C=O) groups is 1. The van der Waals surface area contributed by atoms with Gasteiger partial charge in [0.25, 0.3) is 0 Å². The van der Waals surface area contributed by atoms with Crippen molar-refractivity contribution in [1.82, 2.24) is 0 Å². The highest BCUT2D eigenvalue weighted by Gasteiger charge is 2.02. The fraction of sp³-hybridized carbons (Fsp3) is 0.364. The number of hydrogen-bond donors (Lipinski definition) is 3. The molecule has 15 heavy (non-hydrogen) atoms. The summed E-state index contributed by atoms with van der Waals surface area (Å²) in [4.78, 5) is 10.5. The van der Waals surface area contributed by atoms with Crippen LogP contribution in [0.1, 0.15) is 37.0 Å². The zero-order valence-corrected chi connectivity index (χ0v) is 9.03. The zero-order valence-electron chi connectivity index (χ0n) is 9.03. The van der Waals surface area contributed by atoms with Crippen LogP contribution in [0.5, 0.6) is 11.5 Å². The van der Waals surface area contributed by atoms with Gasteiger partial charge in [-0.3, -0.25) is 4.79 Å². The Labute approximate surface area is 89.4 Å². The summed E-state index contributed by atoms with van der Waals surface area (Å²) >= 11 is 0. The predicted octanol–water partition coefficient (Wildman–Crippen LogP) is 2.00. The van der Waals surface area contributed by atoms with Crippen LogP contribution >= 0.6 is 0 Å². The smallest absolute Gasteiger partial charge is 0.248 e. The molecule has 0 saturated carbocycles. The summed E-state index contributed by atoms with van der Waals surface area (Å²) in [5, 5.41) is 17.8. The van der Waals surface area contributed by atoms with E-state index in [9.17, 15) is 4.79 Å². The molecule has 0 saturated heterocycles. The Morgan fingerprint density at radius 1 is 1.13 bits per heavy atom. The topological polar surface area (TPSA) is 83.6 Å². The molecule has 0 spiro atoms. The largest absolute Gasteiger partial charge is 0.508 e. The van der Waals surface area contributed by atoms with E-state index in [0.717, 1.165) is 6.07 Å². The third-order valence-corrected chi connectivity index (χ3v) is 1.69. The van der Waals surface area contributed by atoms with Gasteiger partial charge in [0, 0.05) is 11.6 Å². The maximum atomic E-state index is 10.5. The van der Waals surface area contributed by atoms with Gasteiger partial charge in [0.2, 0.25) is 5.91 Å². The number of unbranched alkanes of at least 4 members (excludes halogenated alkanes) is 1. The van der Waals surface area contributed by atoms with Gasteiger partial charge in [-0.1, -0.05) is 26.7 Å². The van der Waals surface area contributed by atoms with E-state index in [1.54, 1.807) is 0 Å². The van der Waals surface area contributed by atoms with Crippen LogP contribution in [0.3, 0.4) is 0 Å². The number of carbonyl (C=O) groups excluding carboxylic acids is 1. The Kier molecular flexibility index (Phi) is 5.94. The second kappa shape index (κ2) is 6.70. The lowest BCUT2D eigenvalue weighted by Gasteiger charge is -1.97. The van der Waals surface area contributed by atoms with Crippen molar-refractivity contribution in [3.63, 3.8) is 0 Å². The molecule has 0 heterocycles. The van der Waals surface area contributed by atoms with Gasteiger partial charge in [0.15, 0.2) is 0 Å². The predicted molar refractivity (Wildman–Crippen MR) is 58.9 cm³/mol. The minimum atomic E-state index is -0.684. The van der Waals surface area contributed by atoms with Crippen LogP contribution in [0.4, 0.5) is 0 Å². The van der Waals surface area contributed by atoms with Crippen molar-refractivity contribution in [3.8, 4) is 11.5 Å². The number of phenols is 2. The van der Waals surface area contributed by atoms with Gasteiger partial charge < -0.3 is 15.9 Å². The van der Waals surface area contributed by atoms with Crippen LogP contribution in [0.15, 0.2) is 18.2 Å². The first-order valence-electron chi connectivity index (χ1n) is 4.84. The minimum absolute atomic E-state index is 0.0856. The Bertz CT molecular complexity index is 301. The Balaban J connectivity index is 0.000000423. The lowest BCUT2D eigenvalue weighted by atomic mass is 10.2. The average Bonchev–Trinajstić information content (AvgIpc) is 2.16. The first-order chi connectivity index (χ1) is 7.01. The summed E-state index contributed by atoms with van der Waals surface area (Å²) in [5.74, 6) is -1.05. The molecule has 1 amide bonds. The molecule has 4 nitrogen and oxygen atoms in total. The van der Waals surface area contributed by atoms with Gasteiger partial charge in [-0.2, -0.15) is 0 Å². The van der Waals surface area contributed by atoms with Crippen molar-refractivity contribution in [3.05, 3.63) is 23.8 Å². The lowest BCUT2D eigenvalue weighted by molar-refractivity contribution is 0.0999. The molecule has 0 aromatic heterocycles. The molecular formula is C11H17NO3. The van der Waals surface area contributed by atoms with E-state index in [1.165, 1.54) is 25.0 Å². The van der Waals surface area contributed by atoms with Crippen molar-refractivity contribution < 1.29 is 15.0 Å². The van der Waals surface area contributed by atoms with Crippen LogP contribution in [0.25, 0.3) is 0 Å². The van der Waals surface area contributed by atoms with Crippen LogP contribution < -0.4 is 5.73 Å². The summed E-state index contributed by atoms with van der Waals surface area (Å²) in [6.07, 6.45) is 2.64. The molecule has 0 aliphatic heterocycles. The van der Waals surface area contributed by atoms with Gasteiger partial charge in [-0.15, -0.1) is 0 Å². The van der Waals surface area contributed by atoms with Crippen molar-refractivity contribution in [2.75, 3.05) is 0 Å². The Morgan fingerprint density at radius 3 is 1.80 bits per heavy atom. The molecule has 0 atom stereocenters. The second-order valence-corrected chi connectivity index (χ2v) is 3.10. The van der Waals surface area contributed by atoms with Gasteiger partial charge in [-0.25, -0.2) is 0 Å². The van der Waals surface area contributed by atoms with E-state index in [0.29, 0.717) is 0 Å². The highest BCUT2D eigenvalue weighted by Crippen LogP contribution is 2.19. The molecule has 0 radical (unpaired) electrons. The normalized spacial score (nSPS) is 8.93. The number of aromatic hydroxyl groups is 2. The standard InChI is InChI=1S/C7H7NO3.C4H10/c8-7(11)4-1-5(9)3-6(10)2-4;1-3-4-2/h1-3,9-10H,(H2,8,11);3-4H2,1-2H3. The molecule has 0 unspecified atom stereocenters. The van der Waals surface area contributed by atoms with E-state index in [1.807, 2.05) is 0 Å². The molecule has 4 N–H and O–H groups in total. The SMILES string of the molecule is CCCC.NC(=O)c1cc(O)cc(O)c1. The number of benzene rings is 1. The van der Waals surface area contributed by atoms with Crippen molar-refractivity contribution in [2.45, 2.75) is 26.7 Å². The molecule has 0 bridgehead atoms. The van der Waals surface area contributed by atoms with Crippen LogP contribution in [0, 0.1) is 0 Å².